The minimum absolute atomic E-state index is 0.0739. The molecule has 0 radical (unpaired) electrons. The Morgan fingerprint density at radius 2 is 2.21 bits per heavy atom. The fraction of sp³-hybridized carbons (Fsp3) is 0.500. The molecule has 104 valence electrons. The van der Waals surface area contributed by atoms with E-state index in [1.54, 1.807) is 0 Å². The molecule has 1 amide bonds. The number of amides is 1. The van der Waals surface area contributed by atoms with E-state index in [9.17, 15) is 4.79 Å². The van der Waals surface area contributed by atoms with Crippen LogP contribution in [-0.2, 0) is 4.79 Å². The smallest absolute Gasteiger partial charge is 0.221 e. The van der Waals surface area contributed by atoms with Gasteiger partial charge >= 0.3 is 0 Å². The predicted octanol–water partition coefficient (Wildman–Crippen LogP) is 1.37. The summed E-state index contributed by atoms with van der Waals surface area (Å²) in [6, 6.07) is 6.24. The average Bonchev–Trinajstić information content (AvgIpc) is 2.77. The SMILES string of the molecule is CC(=O)Nc1cc(N)ccc1N1CC[C@@H](N(C)C)C1. The lowest BCUT2D eigenvalue weighted by atomic mass is 10.2. The summed E-state index contributed by atoms with van der Waals surface area (Å²) in [5.41, 5.74) is 8.31. The molecule has 0 bridgehead atoms. The van der Waals surface area contributed by atoms with Crippen LogP contribution in [0.5, 0.6) is 0 Å². The van der Waals surface area contributed by atoms with Crippen molar-refractivity contribution in [1.82, 2.24) is 4.90 Å². The lowest BCUT2D eigenvalue weighted by Gasteiger charge is -2.24. The number of benzene rings is 1. The molecule has 1 aromatic carbocycles. The van der Waals surface area contributed by atoms with Gasteiger partial charge in [0.25, 0.3) is 0 Å². The Hall–Kier alpha value is -1.75. The Bertz CT molecular complexity index is 473. The number of nitrogens with one attached hydrogen (secondary N) is 1. The third kappa shape index (κ3) is 3.17. The topological polar surface area (TPSA) is 61.6 Å². The van der Waals surface area contributed by atoms with Crippen LogP contribution < -0.4 is 16.0 Å². The first-order valence-electron chi connectivity index (χ1n) is 6.56. The predicted molar refractivity (Wildman–Crippen MR) is 79.5 cm³/mol. The van der Waals surface area contributed by atoms with Crippen molar-refractivity contribution in [3.63, 3.8) is 0 Å². The van der Waals surface area contributed by atoms with Gasteiger partial charge in [0.15, 0.2) is 0 Å². The van der Waals surface area contributed by atoms with Gasteiger partial charge in [0.1, 0.15) is 0 Å². The van der Waals surface area contributed by atoms with Crippen LogP contribution in [0.3, 0.4) is 0 Å². The van der Waals surface area contributed by atoms with Crippen molar-refractivity contribution < 1.29 is 4.79 Å². The van der Waals surface area contributed by atoms with E-state index in [1.807, 2.05) is 18.2 Å². The van der Waals surface area contributed by atoms with E-state index in [1.165, 1.54) is 6.92 Å². The first-order valence-corrected chi connectivity index (χ1v) is 6.56. The van der Waals surface area contributed by atoms with Crippen LogP contribution in [0.25, 0.3) is 0 Å². The van der Waals surface area contributed by atoms with Crippen LogP contribution in [0.2, 0.25) is 0 Å². The molecule has 0 aliphatic carbocycles. The number of nitrogen functional groups attached to an aromatic ring is 1. The standard InChI is InChI=1S/C14H22N4O/c1-10(19)16-13-8-11(15)4-5-14(13)18-7-6-12(9-18)17(2)3/h4-5,8,12H,6-7,9,15H2,1-3H3,(H,16,19)/t12-/m1/s1. The Kier molecular flexibility index (Phi) is 3.95. The molecule has 5 nitrogen and oxygen atoms in total. The molecular weight excluding hydrogens is 240 g/mol. The van der Waals surface area contributed by atoms with Crippen LogP contribution in [0.1, 0.15) is 13.3 Å². The Morgan fingerprint density at radius 1 is 1.47 bits per heavy atom. The normalized spacial score (nSPS) is 18.9. The molecule has 0 saturated carbocycles. The maximum atomic E-state index is 11.3. The second kappa shape index (κ2) is 5.48. The summed E-state index contributed by atoms with van der Waals surface area (Å²) in [5, 5.41) is 2.86. The summed E-state index contributed by atoms with van der Waals surface area (Å²) in [4.78, 5) is 15.8. The average molecular weight is 262 g/mol. The molecule has 2 rings (SSSR count). The third-order valence-electron chi connectivity index (χ3n) is 3.57. The Morgan fingerprint density at radius 3 is 2.79 bits per heavy atom. The zero-order chi connectivity index (χ0) is 14.0. The van der Waals surface area contributed by atoms with E-state index in [0.29, 0.717) is 11.7 Å². The molecule has 0 aromatic heterocycles. The number of nitrogens with two attached hydrogens (primary N) is 1. The largest absolute Gasteiger partial charge is 0.399 e. The number of hydrogen-bond donors (Lipinski definition) is 2. The van der Waals surface area contributed by atoms with Gasteiger partial charge in [-0.25, -0.2) is 0 Å². The Balaban J connectivity index is 2.22. The first-order chi connectivity index (χ1) is 8.97. The van der Waals surface area contributed by atoms with Gasteiger partial charge < -0.3 is 20.9 Å². The van der Waals surface area contributed by atoms with Crippen molar-refractivity contribution in [1.29, 1.82) is 0 Å². The number of hydrogen-bond acceptors (Lipinski definition) is 4. The van der Waals surface area contributed by atoms with Crippen LogP contribution in [-0.4, -0.2) is 44.0 Å². The summed E-state index contributed by atoms with van der Waals surface area (Å²) >= 11 is 0. The molecule has 1 aromatic rings. The van der Waals surface area contributed by atoms with Crippen molar-refractivity contribution in [2.75, 3.05) is 43.1 Å². The fourth-order valence-corrected chi connectivity index (χ4v) is 2.50. The number of anilines is 3. The first kappa shape index (κ1) is 13.7. The lowest BCUT2D eigenvalue weighted by molar-refractivity contribution is -0.114. The molecule has 1 aliphatic rings. The maximum absolute atomic E-state index is 11.3. The molecule has 0 spiro atoms. The summed E-state index contributed by atoms with van der Waals surface area (Å²) < 4.78 is 0. The van der Waals surface area contributed by atoms with Gasteiger partial charge in [-0.2, -0.15) is 0 Å². The van der Waals surface area contributed by atoms with Crippen LogP contribution in [0, 0.1) is 0 Å². The second-order valence-corrected chi connectivity index (χ2v) is 5.31. The molecule has 1 saturated heterocycles. The quantitative estimate of drug-likeness (QED) is 0.808. The van der Waals surface area contributed by atoms with E-state index in [4.69, 9.17) is 5.73 Å². The van der Waals surface area contributed by atoms with E-state index < -0.39 is 0 Å². The summed E-state index contributed by atoms with van der Waals surface area (Å²) in [5.74, 6) is -0.0739. The van der Waals surface area contributed by atoms with Gasteiger partial charge in [-0.05, 0) is 38.7 Å². The molecule has 19 heavy (non-hydrogen) atoms. The molecule has 1 atom stereocenters. The van der Waals surface area contributed by atoms with Gasteiger partial charge in [-0.15, -0.1) is 0 Å². The Labute approximate surface area is 114 Å². The van der Waals surface area contributed by atoms with E-state index in [-0.39, 0.29) is 5.91 Å². The minimum Gasteiger partial charge on any atom is -0.399 e. The van der Waals surface area contributed by atoms with Crippen molar-refractivity contribution in [3.8, 4) is 0 Å². The maximum Gasteiger partial charge on any atom is 0.221 e. The van der Waals surface area contributed by atoms with Gasteiger partial charge in [-0.3, -0.25) is 4.79 Å². The highest BCUT2D eigenvalue weighted by Crippen LogP contribution is 2.31. The van der Waals surface area contributed by atoms with E-state index in [2.05, 4.69) is 29.2 Å². The molecule has 1 fully saturated rings. The molecular formula is C14H22N4O. The fourth-order valence-electron chi connectivity index (χ4n) is 2.50. The molecule has 1 aliphatic heterocycles. The van der Waals surface area contributed by atoms with Crippen LogP contribution in [0.4, 0.5) is 17.1 Å². The van der Waals surface area contributed by atoms with Crippen LogP contribution >= 0.6 is 0 Å². The van der Waals surface area contributed by atoms with Crippen LogP contribution in [0.15, 0.2) is 18.2 Å². The summed E-state index contributed by atoms with van der Waals surface area (Å²) in [7, 11) is 4.21. The number of nitrogens with zero attached hydrogens (tertiary/aromatic N) is 2. The van der Waals surface area contributed by atoms with Crippen molar-refractivity contribution in [3.05, 3.63) is 18.2 Å². The highest BCUT2D eigenvalue weighted by molar-refractivity contribution is 5.93. The number of carbonyl (C=O) groups excluding carboxylic acids is 1. The van der Waals surface area contributed by atoms with Crippen molar-refractivity contribution >= 4 is 23.0 Å². The zero-order valence-electron chi connectivity index (χ0n) is 11.8. The van der Waals surface area contributed by atoms with E-state index >= 15 is 0 Å². The zero-order valence-corrected chi connectivity index (χ0v) is 11.8. The summed E-state index contributed by atoms with van der Waals surface area (Å²) in [6.07, 6.45) is 1.14. The lowest BCUT2D eigenvalue weighted by Crippen LogP contribution is -2.31. The van der Waals surface area contributed by atoms with Crippen molar-refractivity contribution in [2.24, 2.45) is 0 Å². The van der Waals surface area contributed by atoms with Crippen molar-refractivity contribution in [2.45, 2.75) is 19.4 Å². The monoisotopic (exact) mass is 262 g/mol. The molecule has 3 N–H and O–H groups in total. The highest BCUT2D eigenvalue weighted by atomic mass is 16.1. The highest BCUT2D eigenvalue weighted by Gasteiger charge is 2.25. The van der Waals surface area contributed by atoms with E-state index in [0.717, 1.165) is 30.9 Å². The van der Waals surface area contributed by atoms with Gasteiger partial charge in [-0.1, -0.05) is 0 Å². The molecule has 5 heteroatoms. The third-order valence-corrected chi connectivity index (χ3v) is 3.57. The van der Waals surface area contributed by atoms with Gasteiger partial charge in [0.05, 0.1) is 11.4 Å². The summed E-state index contributed by atoms with van der Waals surface area (Å²) in [6.45, 7) is 3.49. The number of carbonyl (C=O) groups is 1. The number of rotatable bonds is 3. The minimum atomic E-state index is -0.0739. The van der Waals surface area contributed by atoms with Gasteiger partial charge in [0.2, 0.25) is 5.91 Å². The van der Waals surface area contributed by atoms with Gasteiger partial charge in [0, 0.05) is 31.7 Å². The second-order valence-electron chi connectivity index (χ2n) is 5.31. The number of likely N-dealkylation sites (N-methyl/N-ethyl adjacent to an activating group) is 1. The molecule has 0 unspecified atom stereocenters. The molecule has 1 heterocycles.